The standard InChI is InChI=1S/C57H104O7/c1-3-5-7-9-11-13-15-17-20-24-28-32-36-40-44-48-55(59)62-52-54(53-63-56(60)49-45-41-37-33-29-25-21-18-16-14-12-10-8-6-4-2)64-57(61)50-46-42-38-34-30-26-22-19-23-27-31-35-39-43-47-51-58/h17-22,54,58H,3-16,23-53H2,1-2H3/b20-17-,21-18-,22-19-. The number of carbonyl (C=O) groups excluding carboxylic acids is 3. The molecular weight excluding hydrogens is 797 g/mol. The van der Waals surface area contributed by atoms with E-state index in [1.807, 2.05) is 0 Å². The average molecular weight is 901 g/mol. The van der Waals surface area contributed by atoms with Gasteiger partial charge in [0.2, 0.25) is 0 Å². The van der Waals surface area contributed by atoms with Crippen molar-refractivity contribution < 1.29 is 33.7 Å². The summed E-state index contributed by atoms with van der Waals surface area (Å²) in [4.78, 5) is 38.1. The van der Waals surface area contributed by atoms with Crippen molar-refractivity contribution in [2.24, 2.45) is 0 Å². The Morgan fingerprint density at radius 1 is 0.344 bits per heavy atom. The monoisotopic (exact) mass is 901 g/mol. The molecule has 0 spiro atoms. The number of hydrogen-bond acceptors (Lipinski definition) is 7. The van der Waals surface area contributed by atoms with E-state index in [2.05, 4.69) is 50.3 Å². The maximum absolute atomic E-state index is 12.8. The summed E-state index contributed by atoms with van der Waals surface area (Å²) in [6.45, 7) is 4.66. The summed E-state index contributed by atoms with van der Waals surface area (Å²) in [5, 5.41) is 8.86. The van der Waals surface area contributed by atoms with Crippen LogP contribution in [0.4, 0.5) is 0 Å². The molecule has 0 aliphatic rings. The predicted molar refractivity (Wildman–Crippen MR) is 272 cm³/mol. The van der Waals surface area contributed by atoms with Gasteiger partial charge in [0.05, 0.1) is 0 Å². The molecule has 7 heteroatoms. The van der Waals surface area contributed by atoms with Gasteiger partial charge in [0.1, 0.15) is 13.2 Å². The summed E-state index contributed by atoms with van der Waals surface area (Å²) in [6, 6.07) is 0. The highest BCUT2D eigenvalue weighted by Crippen LogP contribution is 2.15. The van der Waals surface area contributed by atoms with Crippen molar-refractivity contribution in [2.45, 2.75) is 290 Å². The largest absolute Gasteiger partial charge is 0.462 e. The van der Waals surface area contributed by atoms with Crippen LogP contribution in [0.15, 0.2) is 36.5 Å². The van der Waals surface area contributed by atoms with E-state index in [0.29, 0.717) is 25.9 Å². The van der Waals surface area contributed by atoms with Gasteiger partial charge in [-0.15, -0.1) is 0 Å². The van der Waals surface area contributed by atoms with Gasteiger partial charge in [0.25, 0.3) is 0 Å². The maximum Gasteiger partial charge on any atom is 0.306 e. The second-order valence-electron chi connectivity index (χ2n) is 18.6. The lowest BCUT2D eigenvalue weighted by Crippen LogP contribution is -2.30. The van der Waals surface area contributed by atoms with Gasteiger partial charge in [-0.2, -0.15) is 0 Å². The number of esters is 3. The van der Waals surface area contributed by atoms with Crippen LogP contribution in [-0.4, -0.2) is 48.9 Å². The van der Waals surface area contributed by atoms with E-state index in [0.717, 1.165) is 109 Å². The zero-order valence-electron chi connectivity index (χ0n) is 42.3. The molecule has 0 bridgehead atoms. The number of aliphatic hydroxyl groups excluding tert-OH is 1. The van der Waals surface area contributed by atoms with Crippen molar-refractivity contribution in [1.29, 1.82) is 0 Å². The highest BCUT2D eigenvalue weighted by atomic mass is 16.6. The molecule has 0 radical (unpaired) electrons. The van der Waals surface area contributed by atoms with Gasteiger partial charge in [-0.1, -0.05) is 198 Å². The fraction of sp³-hybridized carbons (Fsp3) is 0.842. The second-order valence-corrected chi connectivity index (χ2v) is 18.6. The van der Waals surface area contributed by atoms with Crippen LogP contribution in [0.3, 0.4) is 0 Å². The molecule has 374 valence electrons. The smallest absolute Gasteiger partial charge is 0.306 e. The Labute approximate surface area is 396 Å². The Kier molecular flexibility index (Phi) is 51.2. The van der Waals surface area contributed by atoms with E-state index >= 15 is 0 Å². The van der Waals surface area contributed by atoms with E-state index in [4.69, 9.17) is 19.3 Å². The summed E-state index contributed by atoms with van der Waals surface area (Å²) < 4.78 is 16.8. The topological polar surface area (TPSA) is 99.1 Å². The molecule has 0 rings (SSSR count). The SMILES string of the molecule is CCCCCCCC/C=C\CCCCCCCC(=O)OCC(COC(=O)CCCCCCC/C=C\CCCCCCCC)OC(=O)CCCCCCC/C=C\CCCCCCCCO. The van der Waals surface area contributed by atoms with Crippen molar-refractivity contribution in [3.8, 4) is 0 Å². The van der Waals surface area contributed by atoms with Crippen molar-refractivity contribution in [3.05, 3.63) is 36.5 Å². The van der Waals surface area contributed by atoms with Gasteiger partial charge in [-0.25, -0.2) is 0 Å². The van der Waals surface area contributed by atoms with Crippen LogP contribution in [-0.2, 0) is 28.6 Å². The zero-order chi connectivity index (χ0) is 46.5. The third-order valence-corrected chi connectivity index (χ3v) is 12.1. The molecule has 0 amide bonds. The summed E-state index contributed by atoms with van der Waals surface area (Å²) in [7, 11) is 0. The molecule has 7 nitrogen and oxygen atoms in total. The number of hydrogen-bond donors (Lipinski definition) is 1. The van der Waals surface area contributed by atoms with E-state index in [9.17, 15) is 14.4 Å². The van der Waals surface area contributed by atoms with Crippen molar-refractivity contribution >= 4 is 17.9 Å². The Bertz CT molecular complexity index is 1030. The summed E-state index contributed by atoms with van der Waals surface area (Å²) in [5.41, 5.74) is 0. The number of carbonyl (C=O) groups is 3. The van der Waals surface area contributed by atoms with E-state index in [1.54, 1.807) is 0 Å². The maximum atomic E-state index is 12.8. The van der Waals surface area contributed by atoms with Gasteiger partial charge in [-0.05, 0) is 103 Å². The minimum absolute atomic E-state index is 0.0888. The van der Waals surface area contributed by atoms with Crippen LogP contribution in [0.2, 0.25) is 0 Å². The number of allylic oxidation sites excluding steroid dienone is 6. The molecule has 0 saturated heterocycles. The highest BCUT2D eigenvalue weighted by Gasteiger charge is 2.19. The molecule has 0 aromatic heterocycles. The lowest BCUT2D eigenvalue weighted by molar-refractivity contribution is -0.167. The van der Waals surface area contributed by atoms with Crippen molar-refractivity contribution in [1.82, 2.24) is 0 Å². The Morgan fingerprint density at radius 2 is 0.594 bits per heavy atom. The first-order valence-electron chi connectivity index (χ1n) is 27.6. The average Bonchev–Trinajstić information content (AvgIpc) is 3.29. The van der Waals surface area contributed by atoms with E-state index in [1.165, 1.54) is 141 Å². The molecule has 0 aliphatic heterocycles. The number of ether oxygens (including phenoxy) is 3. The fourth-order valence-electron chi connectivity index (χ4n) is 7.94. The summed E-state index contributed by atoms with van der Waals surface area (Å²) in [5.74, 6) is -0.917. The van der Waals surface area contributed by atoms with Crippen LogP contribution < -0.4 is 0 Å². The minimum Gasteiger partial charge on any atom is -0.462 e. The van der Waals surface area contributed by atoms with Crippen LogP contribution in [0.1, 0.15) is 284 Å². The molecule has 0 unspecified atom stereocenters. The first-order chi connectivity index (χ1) is 31.5. The van der Waals surface area contributed by atoms with Crippen LogP contribution in [0, 0.1) is 0 Å². The number of unbranched alkanes of at least 4 members (excludes halogenated alkanes) is 33. The Morgan fingerprint density at radius 3 is 0.891 bits per heavy atom. The third kappa shape index (κ3) is 50.6. The number of aliphatic hydroxyl groups is 1. The van der Waals surface area contributed by atoms with Gasteiger partial charge < -0.3 is 19.3 Å². The summed E-state index contributed by atoms with van der Waals surface area (Å²) in [6.07, 6.45) is 59.9. The molecule has 0 atom stereocenters. The van der Waals surface area contributed by atoms with Crippen LogP contribution >= 0.6 is 0 Å². The minimum atomic E-state index is -0.790. The molecule has 1 N–H and O–H groups in total. The van der Waals surface area contributed by atoms with Crippen LogP contribution in [0.25, 0.3) is 0 Å². The first kappa shape index (κ1) is 61.6. The Balaban J connectivity index is 4.39. The van der Waals surface area contributed by atoms with Gasteiger partial charge >= 0.3 is 17.9 Å². The molecule has 0 saturated carbocycles. The lowest BCUT2D eigenvalue weighted by atomic mass is 10.1. The van der Waals surface area contributed by atoms with Gasteiger partial charge in [0, 0.05) is 25.9 Å². The van der Waals surface area contributed by atoms with E-state index in [-0.39, 0.29) is 31.1 Å². The quantitative estimate of drug-likeness (QED) is 0.0281. The zero-order valence-corrected chi connectivity index (χ0v) is 42.3. The third-order valence-electron chi connectivity index (χ3n) is 12.1. The molecule has 0 aliphatic carbocycles. The highest BCUT2D eigenvalue weighted by molar-refractivity contribution is 5.71. The Hall–Kier alpha value is -2.41. The predicted octanol–water partition coefficient (Wildman–Crippen LogP) is 17.1. The van der Waals surface area contributed by atoms with Crippen LogP contribution in [0.5, 0.6) is 0 Å². The fourth-order valence-corrected chi connectivity index (χ4v) is 7.94. The first-order valence-corrected chi connectivity index (χ1v) is 27.6. The number of rotatable bonds is 51. The normalized spacial score (nSPS) is 11.8. The lowest BCUT2D eigenvalue weighted by Gasteiger charge is -2.18. The molecule has 0 aromatic rings. The molecule has 64 heavy (non-hydrogen) atoms. The van der Waals surface area contributed by atoms with Crippen molar-refractivity contribution in [2.75, 3.05) is 19.8 Å². The molecule has 0 heterocycles. The second kappa shape index (κ2) is 53.2. The molecular formula is C57H104O7. The van der Waals surface area contributed by atoms with E-state index < -0.39 is 6.10 Å². The summed E-state index contributed by atoms with van der Waals surface area (Å²) >= 11 is 0. The molecule has 0 fully saturated rings. The van der Waals surface area contributed by atoms with Crippen molar-refractivity contribution in [3.63, 3.8) is 0 Å². The molecule has 0 aromatic carbocycles. The van der Waals surface area contributed by atoms with Gasteiger partial charge in [-0.3, -0.25) is 14.4 Å². The van der Waals surface area contributed by atoms with Gasteiger partial charge in [0.15, 0.2) is 6.10 Å².